The number of benzene rings is 2. The lowest BCUT2D eigenvalue weighted by Crippen LogP contribution is -2.19. The Morgan fingerprint density at radius 2 is 1.33 bits per heavy atom. The number of carbonyl (C=O) groups is 3. The fraction of sp³-hybridized carbons (Fsp3) is 0.136. The monoisotopic (exact) mass is 406 g/mol. The number of hydrogen-bond donors (Lipinski definition) is 4. The molecule has 3 amide bonds. The van der Waals surface area contributed by atoms with Crippen LogP contribution in [0.3, 0.4) is 0 Å². The molecule has 0 fully saturated rings. The molecule has 0 aliphatic heterocycles. The number of urea groups is 1. The zero-order chi connectivity index (χ0) is 21.7. The summed E-state index contributed by atoms with van der Waals surface area (Å²) in [5.41, 5.74) is 3.52. The second-order valence-electron chi connectivity index (χ2n) is 6.59. The van der Waals surface area contributed by atoms with E-state index in [4.69, 9.17) is 4.74 Å². The Hall–Kier alpha value is -4.07. The first kappa shape index (κ1) is 20.7. The minimum atomic E-state index is -0.496. The molecule has 8 heteroatoms. The van der Waals surface area contributed by atoms with Gasteiger partial charge in [-0.3, -0.25) is 4.79 Å². The third kappa shape index (κ3) is 4.67. The summed E-state index contributed by atoms with van der Waals surface area (Å²) in [7, 11) is 1.30. The molecule has 1 heterocycles. The van der Waals surface area contributed by atoms with Crippen LogP contribution in [0.4, 0.5) is 21.9 Å². The summed E-state index contributed by atoms with van der Waals surface area (Å²) < 4.78 is 4.76. The number of hydrogen-bond acceptors (Lipinski definition) is 4. The fourth-order valence-electron chi connectivity index (χ4n) is 3.03. The number of esters is 1. The molecule has 0 saturated heterocycles. The minimum Gasteiger partial charge on any atom is -0.465 e. The molecule has 4 N–H and O–H groups in total. The Morgan fingerprint density at radius 1 is 0.800 bits per heavy atom. The quantitative estimate of drug-likeness (QED) is 0.473. The van der Waals surface area contributed by atoms with Gasteiger partial charge in [0, 0.05) is 22.8 Å². The summed E-state index contributed by atoms with van der Waals surface area (Å²) in [6.45, 7) is 3.39. The first-order chi connectivity index (χ1) is 14.4. The maximum Gasteiger partial charge on any atom is 0.339 e. The van der Waals surface area contributed by atoms with Crippen LogP contribution in [-0.4, -0.2) is 30.0 Å². The lowest BCUT2D eigenvalue weighted by molar-refractivity contribution is 0.0599. The van der Waals surface area contributed by atoms with E-state index in [1.807, 2.05) is 18.2 Å². The van der Waals surface area contributed by atoms with Gasteiger partial charge in [0.15, 0.2) is 0 Å². The number of rotatable bonds is 5. The number of aromatic nitrogens is 1. The number of methoxy groups -OCH3 is 1. The normalized spacial score (nSPS) is 10.2. The van der Waals surface area contributed by atoms with Gasteiger partial charge >= 0.3 is 12.0 Å². The number of para-hydroxylation sites is 1. The lowest BCUT2D eigenvalue weighted by atomic mass is 10.1. The largest absolute Gasteiger partial charge is 0.465 e. The number of ether oxygens (including phenoxy) is 1. The SMILES string of the molecule is COC(=O)c1c(C)[nH]c(C(=O)Nc2ccc(NC(=O)Nc3ccccc3)cc2)c1C. The van der Waals surface area contributed by atoms with Gasteiger partial charge in [-0.2, -0.15) is 0 Å². The maximum atomic E-state index is 12.6. The Kier molecular flexibility index (Phi) is 6.17. The van der Waals surface area contributed by atoms with Gasteiger partial charge in [0.05, 0.1) is 12.7 Å². The predicted octanol–water partition coefficient (Wildman–Crippen LogP) is 4.31. The Bertz CT molecular complexity index is 1070. The molecule has 0 atom stereocenters. The molecule has 0 bridgehead atoms. The molecule has 30 heavy (non-hydrogen) atoms. The molecule has 3 aromatic rings. The van der Waals surface area contributed by atoms with Gasteiger partial charge in [-0.25, -0.2) is 9.59 Å². The summed E-state index contributed by atoms with van der Waals surface area (Å²) in [4.78, 5) is 39.5. The highest BCUT2D eigenvalue weighted by molar-refractivity contribution is 6.07. The van der Waals surface area contributed by atoms with Gasteiger partial charge in [0.25, 0.3) is 5.91 Å². The van der Waals surface area contributed by atoms with Crippen molar-refractivity contribution in [1.82, 2.24) is 4.98 Å². The van der Waals surface area contributed by atoms with E-state index in [1.165, 1.54) is 7.11 Å². The topological polar surface area (TPSA) is 112 Å². The standard InChI is InChI=1S/C22H22N4O4/c1-13-18(21(28)30-3)14(2)23-19(13)20(27)24-16-9-11-17(12-10-16)26-22(29)25-15-7-5-4-6-8-15/h4-12,23H,1-3H3,(H,24,27)(H2,25,26,29). The van der Waals surface area contributed by atoms with Crippen molar-refractivity contribution in [3.8, 4) is 0 Å². The van der Waals surface area contributed by atoms with Gasteiger partial charge in [-0.05, 0) is 55.8 Å². The number of aryl methyl sites for hydroxylation is 1. The Balaban J connectivity index is 1.64. The molecule has 0 spiro atoms. The van der Waals surface area contributed by atoms with E-state index < -0.39 is 5.97 Å². The summed E-state index contributed by atoms with van der Waals surface area (Å²) in [5, 5.41) is 8.21. The van der Waals surface area contributed by atoms with Crippen LogP contribution < -0.4 is 16.0 Å². The van der Waals surface area contributed by atoms with Crippen LogP contribution in [0, 0.1) is 13.8 Å². The number of aromatic amines is 1. The van der Waals surface area contributed by atoms with Gasteiger partial charge in [-0.1, -0.05) is 18.2 Å². The van der Waals surface area contributed by atoms with Crippen LogP contribution in [0.1, 0.15) is 32.1 Å². The highest BCUT2D eigenvalue weighted by Gasteiger charge is 2.22. The Morgan fingerprint density at radius 3 is 1.90 bits per heavy atom. The van der Waals surface area contributed by atoms with E-state index in [1.54, 1.807) is 50.2 Å². The highest BCUT2D eigenvalue weighted by atomic mass is 16.5. The summed E-state index contributed by atoms with van der Waals surface area (Å²) in [6.07, 6.45) is 0. The molecular weight excluding hydrogens is 384 g/mol. The Labute approximate surface area is 173 Å². The van der Waals surface area contributed by atoms with E-state index in [9.17, 15) is 14.4 Å². The van der Waals surface area contributed by atoms with Crippen LogP contribution in [0.25, 0.3) is 0 Å². The lowest BCUT2D eigenvalue weighted by Gasteiger charge is -2.09. The summed E-state index contributed by atoms with van der Waals surface area (Å²) >= 11 is 0. The molecule has 154 valence electrons. The molecule has 0 radical (unpaired) electrons. The van der Waals surface area contributed by atoms with Crippen LogP contribution >= 0.6 is 0 Å². The molecule has 0 aliphatic rings. The number of anilines is 3. The third-order valence-electron chi connectivity index (χ3n) is 4.49. The maximum absolute atomic E-state index is 12.6. The van der Waals surface area contributed by atoms with Gasteiger partial charge in [0.1, 0.15) is 5.69 Å². The number of carbonyl (C=O) groups excluding carboxylic acids is 3. The average molecular weight is 406 g/mol. The number of amides is 3. The molecule has 0 unspecified atom stereocenters. The summed E-state index contributed by atoms with van der Waals surface area (Å²) in [5.74, 6) is -0.877. The second kappa shape index (κ2) is 8.95. The van der Waals surface area contributed by atoms with Crippen molar-refractivity contribution in [2.75, 3.05) is 23.1 Å². The van der Waals surface area contributed by atoms with Crippen LogP contribution in [0.2, 0.25) is 0 Å². The van der Waals surface area contributed by atoms with Crippen LogP contribution in [0.5, 0.6) is 0 Å². The molecular formula is C22H22N4O4. The van der Waals surface area contributed by atoms with Crippen molar-refractivity contribution in [2.24, 2.45) is 0 Å². The van der Waals surface area contributed by atoms with Crippen molar-refractivity contribution in [3.05, 3.63) is 77.1 Å². The van der Waals surface area contributed by atoms with Gasteiger partial charge < -0.3 is 25.7 Å². The van der Waals surface area contributed by atoms with Gasteiger partial charge in [0.2, 0.25) is 0 Å². The van der Waals surface area contributed by atoms with Crippen LogP contribution in [0.15, 0.2) is 54.6 Å². The van der Waals surface area contributed by atoms with Crippen molar-refractivity contribution in [1.29, 1.82) is 0 Å². The van der Waals surface area contributed by atoms with E-state index in [0.29, 0.717) is 33.9 Å². The zero-order valence-electron chi connectivity index (χ0n) is 16.8. The predicted molar refractivity (Wildman–Crippen MR) is 115 cm³/mol. The highest BCUT2D eigenvalue weighted by Crippen LogP contribution is 2.21. The number of H-pyrrole nitrogens is 1. The first-order valence-corrected chi connectivity index (χ1v) is 9.21. The van der Waals surface area contributed by atoms with Crippen LogP contribution in [-0.2, 0) is 4.74 Å². The smallest absolute Gasteiger partial charge is 0.339 e. The van der Waals surface area contributed by atoms with Crippen molar-refractivity contribution in [2.45, 2.75) is 13.8 Å². The van der Waals surface area contributed by atoms with E-state index in [0.717, 1.165) is 0 Å². The zero-order valence-corrected chi connectivity index (χ0v) is 16.8. The van der Waals surface area contributed by atoms with Crippen molar-refractivity contribution >= 4 is 35.0 Å². The van der Waals surface area contributed by atoms with E-state index in [-0.39, 0.29) is 17.6 Å². The molecule has 8 nitrogen and oxygen atoms in total. The third-order valence-corrected chi connectivity index (χ3v) is 4.49. The number of nitrogens with one attached hydrogen (secondary N) is 4. The minimum absolute atomic E-state index is 0.289. The van der Waals surface area contributed by atoms with Gasteiger partial charge in [-0.15, -0.1) is 0 Å². The first-order valence-electron chi connectivity index (χ1n) is 9.21. The molecule has 3 rings (SSSR count). The molecule has 2 aromatic carbocycles. The second-order valence-corrected chi connectivity index (χ2v) is 6.59. The van der Waals surface area contributed by atoms with E-state index in [2.05, 4.69) is 20.9 Å². The molecule has 0 aliphatic carbocycles. The fourth-order valence-corrected chi connectivity index (χ4v) is 3.03. The van der Waals surface area contributed by atoms with E-state index >= 15 is 0 Å². The molecule has 0 saturated carbocycles. The molecule has 1 aromatic heterocycles. The van der Waals surface area contributed by atoms with Crippen molar-refractivity contribution in [3.63, 3.8) is 0 Å². The van der Waals surface area contributed by atoms with Crippen molar-refractivity contribution < 1.29 is 19.1 Å². The average Bonchev–Trinajstić information content (AvgIpc) is 3.03. The summed E-state index contributed by atoms with van der Waals surface area (Å²) in [6, 6.07) is 15.4.